The lowest BCUT2D eigenvalue weighted by Gasteiger charge is -2.18. The number of carbonyl (C=O) groups is 1. The molecule has 0 aromatic carbocycles. The molecule has 8 nitrogen and oxygen atoms in total. The van der Waals surface area contributed by atoms with Crippen LogP contribution in [0.4, 0.5) is 11.4 Å². The number of aryl methyl sites for hydroxylation is 1. The molecule has 0 aliphatic carbocycles. The lowest BCUT2D eigenvalue weighted by Crippen LogP contribution is -2.19. The van der Waals surface area contributed by atoms with Crippen molar-refractivity contribution in [3.63, 3.8) is 0 Å². The summed E-state index contributed by atoms with van der Waals surface area (Å²) >= 11 is 0. The lowest BCUT2D eigenvalue weighted by atomic mass is 10.3. The normalized spacial score (nSPS) is 10.2. The van der Waals surface area contributed by atoms with E-state index in [2.05, 4.69) is 25.5 Å². The van der Waals surface area contributed by atoms with Crippen LogP contribution in [0.15, 0.2) is 12.3 Å². The first-order chi connectivity index (χ1) is 9.52. The molecular weight excluding hydrogens is 260 g/mol. The van der Waals surface area contributed by atoms with Gasteiger partial charge in [0.2, 0.25) is 11.7 Å². The number of amides is 1. The number of aromatic nitrogens is 4. The lowest BCUT2D eigenvalue weighted by molar-refractivity contribution is 0.101. The number of rotatable bonds is 4. The molecule has 106 valence electrons. The van der Waals surface area contributed by atoms with E-state index < -0.39 is 5.91 Å². The average molecular weight is 276 g/mol. The zero-order chi connectivity index (χ0) is 14.7. The molecule has 2 rings (SSSR count). The van der Waals surface area contributed by atoms with Crippen LogP contribution in [0, 0.1) is 6.92 Å². The van der Waals surface area contributed by atoms with Gasteiger partial charge in [-0.3, -0.25) is 9.89 Å². The van der Waals surface area contributed by atoms with Gasteiger partial charge in [0.25, 0.3) is 5.91 Å². The van der Waals surface area contributed by atoms with Gasteiger partial charge in [-0.2, -0.15) is 0 Å². The predicted octanol–water partition coefficient (Wildman–Crippen LogP) is 0.835. The maximum Gasteiger partial charge on any atom is 0.295 e. The zero-order valence-corrected chi connectivity index (χ0v) is 11.8. The molecule has 1 amide bonds. The molecule has 20 heavy (non-hydrogen) atoms. The second-order valence-corrected chi connectivity index (χ2v) is 4.31. The van der Waals surface area contributed by atoms with Gasteiger partial charge < -0.3 is 15.0 Å². The van der Waals surface area contributed by atoms with Crippen LogP contribution in [-0.4, -0.2) is 47.3 Å². The number of hydrogen-bond donors (Lipinski definition) is 2. The van der Waals surface area contributed by atoms with E-state index in [-0.39, 0.29) is 5.82 Å². The molecular formula is C12H16N6O2. The van der Waals surface area contributed by atoms with Crippen LogP contribution in [0.1, 0.15) is 16.4 Å². The first-order valence-electron chi connectivity index (χ1n) is 5.93. The summed E-state index contributed by atoms with van der Waals surface area (Å²) in [5.74, 6) is 0.541. The molecule has 0 atom stereocenters. The Bertz CT molecular complexity index is 622. The molecule has 0 saturated heterocycles. The highest BCUT2D eigenvalue weighted by molar-refractivity contribution is 6.04. The third-order valence-corrected chi connectivity index (χ3v) is 2.61. The van der Waals surface area contributed by atoms with Gasteiger partial charge >= 0.3 is 0 Å². The van der Waals surface area contributed by atoms with Gasteiger partial charge in [-0.15, -0.1) is 5.10 Å². The second-order valence-electron chi connectivity index (χ2n) is 4.31. The maximum absolute atomic E-state index is 12.1. The van der Waals surface area contributed by atoms with Crippen molar-refractivity contribution in [2.45, 2.75) is 6.92 Å². The van der Waals surface area contributed by atoms with E-state index in [0.29, 0.717) is 17.4 Å². The Hall–Kier alpha value is -2.64. The highest BCUT2D eigenvalue weighted by atomic mass is 16.5. The summed E-state index contributed by atoms with van der Waals surface area (Å²) < 4.78 is 5.18. The molecule has 0 bridgehead atoms. The molecule has 8 heteroatoms. The molecule has 0 fully saturated rings. The Morgan fingerprint density at radius 3 is 2.75 bits per heavy atom. The minimum absolute atomic E-state index is 0.0677. The number of carbonyl (C=O) groups excluding carboxylic acids is 1. The summed E-state index contributed by atoms with van der Waals surface area (Å²) in [5.41, 5.74) is 1.25. The van der Waals surface area contributed by atoms with Gasteiger partial charge in [-0.25, -0.2) is 9.97 Å². The van der Waals surface area contributed by atoms with Gasteiger partial charge in [0.1, 0.15) is 11.5 Å². The topological polar surface area (TPSA) is 96.0 Å². The number of aromatic amines is 1. The summed E-state index contributed by atoms with van der Waals surface area (Å²) in [6.07, 6.45) is 1.61. The third kappa shape index (κ3) is 2.68. The van der Waals surface area contributed by atoms with Crippen molar-refractivity contribution < 1.29 is 9.53 Å². The number of nitrogens with one attached hydrogen (secondary N) is 2. The van der Waals surface area contributed by atoms with Crippen molar-refractivity contribution in [2.24, 2.45) is 0 Å². The van der Waals surface area contributed by atoms with Crippen molar-refractivity contribution in [1.82, 2.24) is 20.2 Å². The smallest absolute Gasteiger partial charge is 0.295 e. The number of H-pyrrole nitrogens is 1. The highest BCUT2D eigenvalue weighted by Gasteiger charge is 2.18. The molecule has 2 aromatic heterocycles. The van der Waals surface area contributed by atoms with Gasteiger partial charge in [-0.1, -0.05) is 0 Å². The van der Waals surface area contributed by atoms with Crippen molar-refractivity contribution in [3.8, 4) is 5.88 Å². The van der Waals surface area contributed by atoms with Gasteiger partial charge in [-0.05, 0) is 13.0 Å². The number of pyridine rings is 1. The first-order valence-corrected chi connectivity index (χ1v) is 5.93. The van der Waals surface area contributed by atoms with Crippen LogP contribution in [-0.2, 0) is 0 Å². The fourth-order valence-corrected chi connectivity index (χ4v) is 1.69. The number of nitrogens with zero attached hydrogens (tertiary/aromatic N) is 4. The van der Waals surface area contributed by atoms with Crippen LogP contribution in [0.25, 0.3) is 0 Å². The maximum atomic E-state index is 12.1. The van der Waals surface area contributed by atoms with E-state index in [1.807, 2.05) is 19.0 Å². The number of anilines is 2. The minimum atomic E-state index is -0.427. The number of hydrogen-bond acceptors (Lipinski definition) is 6. The molecule has 0 radical (unpaired) electrons. The Balaban J connectivity index is 2.34. The predicted molar refractivity (Wildman–Crippen MR) is 74.2 cm³/mol. The van der Waals surface area contributed by atoms with E-state index in [1.165, 1.54) is 7.11 Å². The van der Waals surface area contributed by atoms with E-state index >= 15 is 0 Å². The van der Waals surface area contributed by atoms with Crippen molar-refractivity contribution in [1.29, 1.82) is 0 Å². The molecule has 0 unspecified atom stereocenters. The minimum Gasteiger partial charge on any atom is -0.479 e. The summed E-state index contributed by atoms with van der Waals surface area (Å²) in [6.45, 7) is 1.72. The van der Waals surface area contributed by atoms with Crippen LogP contribution in [0.2, 0.25) is 0 Å². The van der Waals surface area contributed by atoms with E-state index in [9.17, 15) is 4.79 Å². The molecule has 0 aliphatic heterocycles. The Morgan fingerprint density at radius 1 is 1.45 bits per heavy atom. The second kappa shape index (κ2) is 5.55. The van der Waals surface area contributed by atoms with Crippen molar-refractivity contribution in [2.75, 3.05) is 31.4 Å². The Kier molecular flexibility index (Phi) is 3.83. The van der Waals surface area contributed by atoms with Gasteiger partial charge in [0.15, 0.2) is 0 Å². The van der Waals surface area contributed by atoms with Crippen molar-refractivity contribution in [3.05, 3.63) is 23.9 Å². The van der Waals surface area contributed by atoms with Crippen LogP contribution in [0.3, 0.4) is 0 Å². The van der Waals surface area contributed by atoms with E-state index in [0.717, 1.165) is 5.69 Å². The van der Waals surface area contributed by atoms with E-state index in [1.54, 1.807) is 19.2 Å². The highest BCUT2D eigenvalue weighted by Crippen LogP contribution is 2.32. The molecule has 0 aliphatic rings. The standard InChI is InChI=1S/C12H16N6O2/c1-7-14-10(17-16-7)11(19)15-9-8(18(2)3)5-6-13-12(9)20-4/h5-6H,1-4H3,(H,15,19)(H,14,16,17). The van der Waals surface area contributed by atoms with E-state index in [4.69, 9.17) is 4.74 Å². The molecule has 2 N–H and O–H groups in total. The molecule has 0 saturated carbocycles. The summed E-state index contributed by atoms with van der Waals surface area (Å²) in [4.78, 5) is 22.0. The number of ether oxygens (including phenoxy) is 1. The largest absolute Gasteiger partial charge is 0.479 e. The quantitative estimate of drug-likeness (QED) is 0.859. The monoisotopic (exact) mass is 276 g/mol. The average Bonchev–Trinajstić information content (AvgIpc) is 2.85. The SMILES string of the molecule is COc1nccc(N(C)C)c1NC(=O)c1n[nH]c(C)n1. The van der Waals surface area contributed by atoms with Crippen LogP contribution in [0.5, 0.6) is 5.88 Å². The summed E-state index contributed by atoms with van der Waals surface area (Å²) in [6, 6.07) is 1.78. The number of methoxy groups -OCH3 is 1. The van der Waals surface area contributed by atoms with Crippen molar-refractivity contribution >= 4 is 17.3 Å². The Morgan fingerprint density at radius 2 is 2.20 bits per heavy atom. The van der Waals surface area contributed by atoms with Crippen LogP contribution >= 0.6 is 0 Å². The fraction of sp³-hybridized carbons (Fsp3) is 0.333. The fourth-order valence-electron chi connectivity index (χ4n) is 1.69. The molecule has 0 spiro atoms. The zero-order valence-electron chi connectivity index (χ0n) is 11.8. The molecule has 2 heterocycles. The molecule has 2 aromatic rings. The van der Waals surface area contributed by atoms with Gasteiger partial charge in [0, 0.05) is 20.3 Å². The summed E-state index contributed by atoms with van der Waals surface area (Å²) in [7, 11) is 5.22. The first kappa shape index (κ1) is 13.8. The summed E-state index contributed by atoms with van der Waals surface area (Å²) in [5, 5.41) is 9.17. The Labute approximate surface area is 116 Å². The third-order valence-electron chi connectivity index (χ3n) is 2.61. The van der Waals surface area contributed by atoms with Gasteiger partial charge in [0.05, 0.1) is 12.8 Å². The van der Waals surface area contributed by atoms with Crippen LogP contribution < -0.4 is 15.0 Å².